The van der Waals surface area contributed by atoms with Crippen LogP contribution in [0.1, 0.15) is 40.5 Å². The lowest BCUT2D eigenvalue weighted by Gasteiger charge is -2.41. The first-order chi connectivity index (χ1) is 12.8. The van der Waals surface area contributed by atoms with Gasteiger partial charge >= 0.3 is 0 Å². The molecule has 2 aromatic rings. The summed E-state index contributed by atoms with van der Waals surface area (Å²) in [6.45, 7) is 0.600. The summed E-state index contributed by atoms with van der Waals surface area (Å²) in [6, 6.07) is 8.92. The van der Waals surface area contributed by atoms with Crippen LogP contribution in [0.25, 0.3) is 0 Å². The minimum atomic E-state index is -0.0283. The topological polar surface area (TPSA) is 49.4 Å². The molecule has 2 aromatic carbocycles. The summed E-state index contributed by atoms with van der Waals surface area (Å²) in [5.74, 6) is 3.63. The Morgan fingerprint density at radius 2 is 1.42 bits per heavy atom. The summed E-state index contributed by atoms with van der Waals surface area (Å²) in [7, 11) is 2.16. The fourth-order valence-corrected chi connectivity index (χ4v) is 5.30. The van der Waals surface area contributed by atoms with Gasteiger partial charge < -0.3 is 23.7 Å². The molecule has 1 fully saturated rings. The van der Waals surface area contributed by atoms with E-state index >= 15 is 0 Å². The van der Waals surface area contributed by atoms with Crippen LogP contribution in [0.3, 0.4) is 0 Å². The first-order valence-corrected chi connectivity index (χ1v) is 9.01. The Hall–Kier alpha value is -2.44. The fourth-order valence-electron chi connectivity index (χ4n) is 5.30. The van der Waals surface area contributed by atoms with Crippen molar-refractivity contribution >= 4 is 0 Å². The van der Waals surface area contributed by atoms with Crippen LogP contribution in [-0.4, -0.2) is 31.6 Å². The third kappa shape index (κ3) is 1.52. The molecule has 0 aromatic heterocycles. The van der Waals surface area contributed by atoms with Gasteiger partial charge in [-0.15, -0.1) is 0 Å². The molecule has 0 amide bonds. The van der Waals surface area contributed by atoms with E-state index in [0.29, 0.717) is 19.6 Å². The predicted octanol–water partition coefficient (Wildman–Crippen LogP) is 2.87. The molecule has 7 rings (SSSR count). The van der Waals surface area contributed by atoms with Crippen LogP contribution in [0.2, 0.25) is 0 Å². The van der Waals surface area contributed by atoms with Crippen molar-refractivity contribution in [2.75, 3.05) is 20.6 Å². The van der Waals surface area contributed by atoms with E-state index in [2.05, 4.69) is 36.2 Å². The van der Waals surface area contributed by atoms with Gasteiger partial charge in [0.2, 0.25) is 13.6 Å². The standard InChI is InChI=1S/C20H17NO5/c1-21-13-2-9-3-14-15(23-7-22-14)4-10(9)18(13)19-11-5-16-17(25-8-24-16)6-12(11)20(21)26-19/h3-6,13,18-20H,2,7-8H2,1H3/t13-,18-,19-,20+/m0/s1. The molecule has 4 heterocycles. The summed E-state index contributed by atoms with van der Waals surface area (Å²) in [5.41, 5.74) is 5.09. The van der Waals surface area contributed by atoms with E-state index < -0.39 is 0 Å². The number of likely N-dealkylation sites (N-methyl/N-ethyl adjacent to an activating group) is 1. The van der Waals surface area contributed by atoms with Gasteiger partial charge in [-0.1, -0.05) is 0 Å². The van der Waals surface area contributed by atoms with Crippen molar-refractivity contribution in [2.45, 2.75) is 30.7 Å². The van der Waals surface area contributed by atoms with Crippen LogP contribution in [0, 0.1) is 0 Å². The van der Waals surface area contributed by atoms with Crippen LogP contribution >= 0.6 is 0 Å². The quantitative estimate of drug-likeness (QED) is 0.727. The maximum atomic E-state index is 6.49. The molecule has 5 aliphatic rings. The zero-order valence-corrected chi connectivity index (χ0v) is 14.2. The molecule has 0 spiro atoms. The maximum absolute atomic E-state index is 6.49. The smallest absolute Gasteiger partial charge is 0.231 e. The Bertz CT molecular complexity index is 973. The predicted molar refractivity (Wildman–Crippen MR) is 89.7 cm³/mol. The fraction of sp³-hybridized carbons (Fsp3) is 0.400. The minimum Gasteiger partial charge on any atom is -0.454 e. The molecule has 0 N–H and O–H groups in total. The monoisotopic (exact) mass is 351 g/mol. The maximum Gasteiger partial charge on any atom is 0.231 e. The highest BCUT2D eigenvalue weighted by atomic mass is 16.7. The van der Waals surface area contributed by atoms with E-state index in [0.717, 1.165) is 29.4 Å². The van der Waals surface area contributed by atoms with Gasteiger partial charge in [0, 0.05) is 17.5 Å². The average Bonchev–Trinajstić information content (AvgIpc) is 3.40. The zero-order valence-electron chi connectivity index (χ0n) is 14.2. The van der Waals surface area contributed by atoms with E-state index in [1.807, 2.05) is 0 Å². The largest absolute Gasteiger partial charge is 0.454 e. The van der Waals surface area contributed by atoms with Gasteiger partial charge in [0.1, 0.15) is 6.23 Å². The number of rotatable bonds is 0. The van der Waals surface area contributed by atoms with E-state index in [4.69, 9.17) is 23.7 Å². The van der Waals surface area contributed by atoms with Crippen molar-refractivity contribution in [3.63, 3.8) is 0 Å². The molecule has 4 aliphatic heterocycles. The Morgan fingerprint density at radius 1 is 0.808 bits per heavy atom. The lowest BCUT2D eigenvalue weighted by Crippen LogP contribution is -2.43. The van der Waals surface area contributed by atoms with Crippen molar-refractivity contribution in [1.82, 2.24) is 4.90 Å². The van der Waals surface area contributed by atoms with Crippen LogP contribution in [0.5, 0.6) is 23.0 Å². The molecule has 4 atom stereocenters. The van der Waals surface area contributed by atoms with Crippen LogP contribution < -0.4 is 18.9 Å². The number of hydrogen-bond donors (Lipinski definition) is 0. The second kappa shape index (κ2) is 4.45. The van der Waals surface area contributed by atoms with Crippen molar-refractivity contribution in [3.8, 4) is 23.0 Å². The highest BCUT2D eigenvalue weighted by Crippen LogP contribution is 2.60. The SMILES string of the molecule is CN1[C@@H]2O[C@@H](c3cc4c(cc32)OCO4)[C@H]2c3cc4c(cc3C[C@@H]21)OCO4. The van der Waals surface area contributed by atoms with Gasteiger partial charge in [-0.2, -0.15) is 0 Å². The Labute approximate surface area is 150 Å². The number of fused-ring (bicyclic) bond motifs is 11. The summed E-state index contributed by atoms with van der Waals surface area (Å²) in [5, 5.41) is 0. The Morgan fingerprint density at radius 3 is 2.15 bits per heavy atom. The van der Waals surface area contributed by atoms with Gasteiger partial charge in [-0.05, 0) is 54.4 Å². The lowest BCUT2D eigenvalue weighted by molar-refractivity contribution is -0.148. The second-order valence-electron chi connectivity index (χ2n) is 7.61. The van der Waals surface area contributed by atoms with Crippen LogP contribution in [0.15, 0.2) is 24.3 Å². The third-order valence-electron chi connectivity index (χ3n) is 6.48. The lowest BCUT2D eigenvalue weighted by atomic mass is 9.87. The molecule has 1 aliphatic carbocycles. The zero-order chi connectivity index (χ0) is 17.0. The average molecular weight is 351 g/mol. The third-order valence-corrected chi connectivity index (χ3v) is 6.48. The van der Waals surface area contributed by atoms with Crippen molar-refractivity contribution in [3.05, 3.63) is 46.5 Å². The number of nitrogens with zero attached hydrogens (tertiary/aromatic N) is 1. The van der Waals surface area contributed by atoms with Gasteiger partial charge in [-0.3, -0.25) is 4.90 Å². The highest BCUT2D eigenvalue weighted by Gasteiger charge is 2.53. The van der Waals surface area contributed by atoms with E-state index in [1.165, 1.54) is 22.3 Å². The number of benzene rings is 2. The molecule has 6 nitrogen and oxygen atoms in total. The van der Waals surface area contributed by atoms with Gasteiger partial charge in [-0.25, -0.2) is 0 Å². The first-order valence-electron chi connectivity index (χ1n) is 9.01. The van der Waals surface area contributed by atoms with Gasteiger partial charge in [0.15, 0.2) is 23.0 Å². The molecular formula is C20H17NO5. The van der Waals surface area contributed by atoms with E-state index in [1.54, 1.807) is 0 Å². The molecule has 2 bridgehead atoms. The van der Waals surface area contributed by atoms with Crippen molar-refractivity contribution in [2.24, 2.45) is 0 Å². The highest BCUT2D eigenvalue weighted by molar-refractivity contribution is 5.57. The molecule has 26 heavy (non-hydrogen) atoms. The van der Waals surface area contributed by atoms with E-state index in [-0.39, 0.29) is 18.2 Å². The summed E-state index contributed by atoms with van der Waals surface area (Å²) >= 11 is 0. The number of ether oxygens (including phenoxy) is 5. The van der Waals surface area contributed by atoms with Gasteiger partial charge in [0.05, 0.1) is 6.10 Å². The first kappa shape index (κ1) is 13.7. The van der Waals surface area contributed by atoms with E-state index in [9.17, 15) is 0 Å². The summed E-state index contributed by atoms with van der Waals surface area (Å²) < 4.78 is 28.9. The minimum absolute atomic E-state index is 0.0283. The summed E-state index contributed by atoms with van der Waals surface area (Å²) in [6.07, 6.45) is 1.01. The molecule has 0 saturated carbocycles. The van der Waals surface area contributed by atoms with Crippen molar-refractivity contribution in [1.29, 1.82) is 0 Å². The molecule has 0 radical (unpaired) electrons. The van der Waals surface area contributed by atoms with Crippen LogP contribution in [-0.2, 0) is 11.2 Å². The summed E-state index contributed by atoms with van der Waals surface area (Å²) in [4.78, 5) is 2.36. The molecule has 1 saturated heterocycles. The molecule has 6 heteroatoms. The molecular weight excluding hydrogens is 334 g/mol. The molecule has 132 valence electrons. The number of hydrogen-bond acceptors (Lipinski definition) is 6. The van der Waals surface area contributed by atoms with Crippen LogP contribution in [0.4, 0.5) is 0 Å². The molecule has 0 unspecified atom stereocenters. The van der Waals surface area contributed by atoms with Crippen molar-refractivity contribution < 1.29 is 23.7 Å². The Kier molecular flexibility index (Phi) is 2.35. The second-order valence-corrected chi connectivity index (χ2v) is 7.61. The normalized spacial score (nSPS) is 31.7. The Balaban J connectivity index is 1.41. The van der Waals surface area contributed by atoms with Gasteiger partial charge in [0.25, 0.3) is 0 Å².